The van der Waals surface area contributed by atoms with E-state index in [1.54, 1.807) is 47.9 Å². The van der Waals surface area contributed by atoms with Crippen molar-refractivity contribution < 1.29 is 27.1 Å². The van der Waals surface area contributed by atoms with Crippen LogP contribution in [0.2, 0.25) is 5.02 Å². The van der Waals surface area contributed by atoms with E-state index in [1.165, 1.54) is 35.8 Å². The number of carbonyl (C=O) groups is 2. The summed E-state index contributed by atoms with van der Waals surface area (Å²) < 4.78 is 47.7. The fourth-order valence-electron chi connectivity index (χ4n) is 3.29. The summed E-state index contributed by atoms with van der Waals surface area (Å²) >= 11 is 6.19. The normalized spacial score (nSPS) is 12.6. The molecule has 2 amide bonds. The molecule has 0 aliphatic heterocycles. The van der Waals surface area contributed by atoms with Crippen molar-refractivity contribution in [1.82, 2.24) is 24.3 Å². The van der Waals surface area contributed by atoms with Crippen molar-refractivity contribution in [2.45, 2.75) is 44.7 Å². The summed E-state index contributed by atoms with van der Waals surface area (Å²) in [6.45, 7) is 6.26. The van der Waals surface area contributed by atoms with Gasteiger partial charge in [0.25, 0.3) is 5.91 Å². The summed E-state index contributed by atoms with van der Waals surface area (Å²) in [5, 5.41) is 6.81. The van der Waals surface area contributed by atoms with E-state index < -0.39 is 33.5 Å². The first kappa shape index (κ1) is 30.3. The van der Waals surface area contributed by atoms with Crippen molar-refractivity contribution in [1.29, 1.82) is 0 Å². The van der Waals surface area contributed by atoms with E-state index in [1.807, 2.05) is 0 Å². The number of sulfonamides is 1. The molecule has 2 rings (SSSR count). The van der Waals surface area contributed by atoms with Crippen LogP contribution in [0.3, 0.4) is 0 Å². The second kappa shape index (κ2) is 11.6. The zero-order valence-corrected chi connectivity index (χ0v) is 23.8. The first-order valence-corrected chi connectivity index (χ1v) is 13.1. The van der Waals surface area contributed by atoms with Gasteiger partial charge >= 0.3 is 6.09 Å². The van der Waals surface area contributed by atoms with Crippen LogP contribution in [0.5, 0.6) is 0 Å². The van der Waals surface area contributed by atoms with Crippen LogP contribution in [-0.4, -0.2) is 79.7 Å². The average Bonchev–Trinajstić information content (AvgIpc) is 3.07. The molecule has 1 aromatic heterocycles. The van der Waals surface area contributed by atoms with Gasteiger partial charge in [0.05, 0.1) is 17.3 Å². The Kier molecular flexibility index (Phi) is 9.50. The second-order valence-corrected chi connectivity index (χ2v) is 12.2. The zero-order chi connectivity index (χ0) is 28.3. The minimum atomic E-state index is -3.88. The molecule has 0 aliphatic carbocycles. The first-order chi connectivity index (χ1) is 17.0. The van der Waals surface area contributed by atoms with Crippen LogP contribution in [0.1, 0.15) is 37.0 Å². The summed E-state index contributed by atoms with van der Waals surface area (Å²) in [5.74, 6) is -1.10. The molecule has 13 heteroatoms. The molecule has 0 bridgehead atoms. The topological polar surface area (TPSA) is 114 Å². The highest BCUT2D eigenvalue weighted by atomic mass is 35.5. The van der Waals surface area contributed by atoms with Crippen molar-refractivity contribution >= 4 is 33.6 Å². The highest BCUT2D eigenvalue weighted by Crippen LogP contribution is 2.34. The highest BCUT2D eigenvalue weighted by Gasteiger charge is 2.27. The van der Waals surface area contributed by atoms with E-state index in [0.29, 0.717) is 16.8 Å². The maximum atomic E-state index is 14.8. The smallest absolute Gasteiger partial charge is 0.407 e. The van der Waals surface area contributed by atoms with Gasteiger partial charge in [-0.25, -0.2) is 21.9 Å². The lowest BCUT2D eigenvalue weighted by Gasteiger charge is -2.19. The number of benzene rings is 1. The van der Waals surface area contributed by atoms with Gasteiger partial charge in [0.1, 0.15) is 22.0 Å². The third-order valence-electron chi connectivity index (χ3n) is 4.98. The van der Waals surface area contributed by atoms with Gasteiger partial charge in [-0.15, -0.1) is 0 Å². The van der Waals surface area contributed by atoms with Crippen molar-refractivity contribution in [3.63, 3.8) is 0 Å². The molecule has 0 atom stereocenters. The van der Waals surface area contributed by atoms with Crippen LogP contribution in [0.4, 0.5) is 9.18 Å². The largest absolute Gasteiger partial charge is 0.444 e. The average molecular weight is 558 g/mol. The number of alkyl carbamates (subject to hydrolysis) is 1. The van der Waals surface area contributed by atoms with Crippen LogP contribution < -0.4 is 5.32 Å². The fraction of sp³-hybridized carbons (Fsp3) is 0.458. The van der Waals surface area contributed by atoms with Gasteiger partial charge in [0.15, 0.2) is 0 Å². The summed E-state index contributed by atoms with van der Waals surface area (Å²) in [4.78, 5) is 26.1. The first-order valence-electron chi connectivity index (χ1n) is 11.3. The number of hydrogen-bond donors (Lipinski definition) is 1. The maximum Gasteiger partial charge on any atom is 0.407 e. The number of amides is 2. The zero-order valence-electron chi connectivity index (χ0n) is 22.2. The van der Waals surface area contributed by atoms with Gasteiger partial charge in [-0.3, -0.25) is 9.48 Å². The van der Waals surface area contributed by atoms with Gasteiger partial charge in [0.2, 0.25) is 10.0 Å². The van der Waals surface area contributed by atoms with Gasteiger partial charge in [0, 0.05) is 40.3 Å². The van der Waals surface area contributed by atoms with Gasteiger partial charge in [-0.05, 0) is 51.5 Å². The van der Waals surface area contributed by atoms with Crippen LogP contribution in [0.25, 0.3) is 11.1 Å². The van der Waals surface area contributed by atoms with E-state index >= 15 is 0 Å². The molecular formula is C24H33ClFN5O5S. The molecule has 0 aliphatic rings. The molecule has 10 nitrogen and oxygen atoms in total. The number of allylic oxidation sites excluding steroid dienone is 1. The highest BCUT2D eigenvalue weighted by molar-refractivity contribution is 7.89. The molecule has 1 aromatic carbocycles. The maximum absolute atomic E-state index is 14.8. The number of halogens is 2. The number of aromatic nitrogens is 2. The molecule has 0 saturated heterocycles. The molecular weight excluding hydrogens is 525 g/mol. The monoisotopic (exact) mass is 557 g/mol. The molecule has 0 spiro atoms. The lowest BCUT2D eigenvalue weighted by molar-refractivity contribution is 0.0533. The quantitative estimate of drug-likeness (QED) is 0.527. The minimum Gasteiger partial charge on any atom is -0.444 e. The van der Waals surface area contributed by atoms with Crippen molar-refractivity contribution in [2.24, 2.45) is 0 Å². The summed E-state index contributed by atoms with van der Waals surface area (Å²) in [6.07, 6.45) is 0.456. The number of aryl methyl sites for hydroxylation is 1. The van der Waals surface area contributed by atoms with Crippen molar-refractivity contribution in [3.8, 4) is 11.1 Å². The molecule has 0 unspecified atom stereocenters. The third kappa shape index (κ3) is 7.53. The second-order valence-electron chi connectivity index (χ2n) is 9.63. The fourth-order valence-corrected chi connectivity index (χ4v) is 4.68. The standard InChI is InChI=1S/C24H33ClFN5O5S/c1-15-20(16-9-10-18(25)19(13-16)37(34,35)30(7)8)21(22(32)29(5)6)31(28-15)14-17(26)11-12-27-23(33)36-24(2,3)4/h9-11,13H,12,14H2,1-8H3,(H,27,33)/b17-11-. The van der Waals surface area contributed by atoms with E-state index in [0.717, 1.165) is 10.4 Å². The molecule has 0 saturated carbocycles. The molecule has 0 radical (unpaired) electrons. The van der Waals surface area contributed by atoms with Crippen molar-refractivity contribution in [2.75, 3.05) is 34.7 Å². The Morgan fingerprint density at radius 1 is 1.22 bits per heavy atom. The predicted octanol–water partition coefficient (Wildman–Crippen LogP) is 3.84. The lowest BCUT2D eigenvalue weighted by atomic mass is 10.0. The molecule has 1 heterocycles. The number of carbonyl (C=O) groups excluding carboxylic acids is 2. The Balaban J connectivity index is 2.49. The molecule has 2 aromatic rings. The third-order valence-corrected chi connectivity index (χ3v) is 7.28. The number of rotatable bonds is 8. The Morgan fingerprint density at radius 3 is 2.38 bits per heavy atom. The Morgan fingerprint density at radius 2 is 1.84 bits per heavy atom. The molecule has 0 fully saturated rings. The van der Waals surface area contributed by atoms with Gasteiger partial charge < -0.3 is 15.0 Å². The number of nitrogens with one attached hydrogen (secondary N) is 1. The summed E-state index contributed by atoms with van der Waals surface area (Å²) in [5.41, 5.74) is 0.506. The Hall–Kier alpha value is -2.96. The van der Waals surface area contributed by atoms with Gasteiger partial charge in [-0.2, -0.15) is 5.10 Å². The van der Waals surface area contributed by atoms with E-state index in [9.17, 15) is 22.4 Å². The van der Waals surface area contributed by atoms with Crippen molar-refractivity contribution in [3.05, 3.63) is 46.5 Å². The SMILES string of the molecule is Cc1nn(C/C(F)=C/CNC(=O)OC(C)(C)C)c(C(=O)N(C)C)c1-c1ccc(Cl)c(S(=O)(=O)N(C)C)c1. The predicted molar refractivity (Wildman–Crippen MR) is 140 cm³/mol. The van der Waals surface area contributed by atoms with Crippen LogP contribution in [-0.2, 0) is 21.3 Å². The number of nitrogens with zero attached hydrogens (tertiary/aromatic N) is 4. The van der Waals surface area contributed by atoms with Crippen LogP contribution >= 0.6 is 11.6 Å². The Bertz CT molecular complexity index is 1310. The number of hydrogen-bond acceptors (Lipinski definition) is 6. The Labute approximate surface area is 222 Å². The lowest BCUT2D eigenvalue weighted by Crippen LogP contribution is -2.32. The van der Waals surface area contributed by atoms with E-state index in [2.05, 4.69) is 10.4 Å². The van der Waals surface area contributed by atoms with E-state index in [4.69, 9.17) is 16.3 Å². The van der Waals surface area contributed by atoms with E-state index in [-0.39, 0.29) is 28.7 Å². The van der Waals surface area contributed by atoms with Crippen LogP contribution in [0.15, 0.2) is 35.0 Å². The minimum absolute atomic E-state index is 0.0226. The summed E-state index contributed by atoms with van der Waals surface area (Å²) in [7, 11) is 1.97. The molecule has 37 heavy (non-hydrogen) atoms. The van der Waals surface area contributed by atoms with Gasteiger partial charge in [-0.1, -0.05) is 17.7 Å². The van der Waals surface area contributed by atoms with Crippen LogP contribution in [0, 0.1) is 6.92 Å². The molecule has 1 N–H and O–H groups in total. The molecule has 204 valence electrons. The summed E-state index contributed by atoms with van der Waals surface area (Å²) in [6, 6.07) is 4.38. The number of ether oxygens (including phenoxy) is 1.